The Balaban J connectivity index is 1.53. The molecule has 0 aromatic heterocycles. The van der Waals surface area contributed by atoms with Crippen molar-refractivity contribution >= 4 is 5.91 Å². The fourth-order valence-electron chi connectivity index (χ4n) is 3.29. The second-order valence-electron chi connectivity index (χ2n) is 7.30. The molecule has 0 saturated heterocycles. The van der Waals surface area contributed by atoms with Crippen LogP contribution < -0.4 is 10.1 Å². The third-order valence-corrected chi connectivity index (χ3v) is 4.69. The average molecular weight is 405 g/mol. The Morgan fingerprint density at radius 1 is 0.900 bits per heavy atom. The number of para-hydroxylation sites is 1. The SMILES string of the molecule is CN(CC(=O)NC(c1ccccc1)c1ccccc1)CC(O)COc1ccccc1. The van der Waals surface area contributed by atoms with Gasteiger partial charge in [0, 0.05) is 6.54 Å². The van der Waals surface area contributed by atoms with E-state index >= 15 is 0 Å². The van der Waals surface area contributed by atoms with Gasteiger partial charge in [0.15, 0.2) is 0 Å². The van der Waals surface area contributed by atoms with Gasteiger partial charge in [0.1, 0.15) is 18.5 Å². The first kappa shape index (κ1) is 21.6. The summed E-state index contributed by atoms with van der Waals surface area (Å²) in [5.74, 6) is 0.608. The molecule has 1 amide bonds. The second-order valence-corrected chi connectivity index (χ2v) is 7.30. The molecule has 2 N–H and O–H groups in total. The van der Waals surface area contributed by atoms with Crippen LogP contribution in [-0.2, 0) is 4.79 Å². The summed E-state index contributed by atoms with van der Waals surface area (Å²) in [7, 11) is 1.81. The molecular weight excluding hydrogens is 376 g/mol. The summed E-state index contributed by atoms with van der Waals surface area (Å²) in [5.41, 5.74) is 2.05. The first-order valence-corrected chi connectivity index (χ1v) is 10.1. The van der Waals surface area contributed by atoms with Gasteiger partial charge in [-0.25, -0.2) is 0 Å². The number of benzene rings is 3. The van der Waals surface area contributed by atoms with Crippen LogP contribution in [0.3, 0.4) is 0 Å². The van der Waals surface area contributed by atoms with Gasteiger partial charge in [0.05, 0.1) is 12.6 Å². The van der Waals surface area contributed by atoms with Crippen molar-refractivity contribution in [1.29, 1.82) is 0 Å². The standard InChI is InChI=1S/C25H28N2O3/c1-27(17-22(28)19-30-23-15-9-4-10-16-23)18-24(29)26-25(20-11-5-2-6-12-20)21-13-7-3-8-14-21/h2-16,22,25,28H,17-19H2,1H3,(H,26,29). The van der Waals surface area contributed by atoms with Crippen LogP contribution in [0.15, 0.2) is 91.0 Å². The summed E-state index contributed by atoms with van der Waals surface area (Å²) in [6, 6.07) is 28.9. The Labute approximate surface area is 177 Å². The van der Waals surface area contributed by atoms with Crippen LogP contribution in [0.2, 0.25) is 0 Å². The normalized spacial score (nSPS) is 12.0. The molecule has 1 atom stereocenters. The predicted octanol–water partition coefficient (Wildman–Crippen LogP) is 3.26. The fraction of sp³-hybridized carbons (Fsp3) is 0.240. The average Bonchev–Trinajstić information content (AvgIpc) is 2.78. The minimum Gasteiger partial charge on any atom is -0.491 e. The lowest BCUT2D eigenvalue weighted by molar-refractivity contribution is -0.122. The van der Waals surface area contributed by atoms with Gasteiger partial charge in [-0.05, 0) is 30.3 Å². The number of amides is 1. The Kier molecular flexibility index (Phi) is 8.01. The Morgan fingerprint density at radius 3 is 1.93 bits per heavy atom. The summed E-state index contributed by atoms with van der Waals surface area (Å²) < 4.78 is 5.58. The molecule has 3 aromatic rings. The molecule has 3 aromatic carbocycles. The Hall–Kier alpha value is -3.15. The predicted molar refractivity (Wildman–Crippen MR) is 118 cm³/mol. The number of aliphatic hydroxyl groups excluding tert-OH is 1. The molecule has 1 unspecified atom stereocenters. The minimum atomic E-state index is -0.693. The van der Waals surface area contributed by atoms with Crippen molar-refractivity contribution in [3.05, 3.63) is 102 Å². The van der Waals surface area contributed by atoms with Crippen LogP contribution in [0.4, 0.5) is 0 Å². The molecule has 0 bridgehead atoms. The van der Waals surface area contributed by atoms with E-state index in [1.807, 2.05) is 98.0 Å². The minimum absolute atomic E-state index is 0.105. The summed E-state index contributed by atoms with van der Waals surface area (Å²) in [5, 5.41) is 13.4. The molecule has 0 spiro atoms. The lowest BCUT2D eigenvalue weighted by Gasteiger charge is -2.23. The summed E-state index contributed by atoms with van der Waals surface area (Å²) >= 11 is 0. The van der Waals surface area contributed by atoms with Crippen molar-refractivity contribution in [1.82, 2.24) is 10.2 Å². The number of hydrogen-bond acceptors (Lipinski definition) is 4. The maximum Gasteiger partial charge on any atom is 0.234 e. The van der Waals surface area contributed by atoms with Crippen LogP contribution in [0.5, 0.6) is 5.75 Å². The molecular formula is C25H28N2O3. The van der Waals surface area contributed by atoms with E-state index in [1.165, 1.54) is 0 Å². The van der Waals surface area contributed by atoms with E-state index in [2.05, 4.69) is 5.32 Å². The molecule has 0 heterocycles. The van der Waals surface area contributed by atoms with Gasteiger partial charge >= 0.3 is 0 Å². The fourth-order valence-corrected chi connectivity index (χ4v) is 3.29. The summed E-state index contributed by atoms with van der Waals surface area (Å²) in [6.45, 7) is 0.687. The van der Waals surface area contributed by atoms with E-state index in [0.29, 0.717) is 12.3 Å². The van der Waals surface area contributed by atoms with Gasteiger partial charge in [-0.2, -0.15) is 0 Å². The highest BCUT2D eigenvalue weighted by Gasteiger charge is 2.18. The monoisotopic (exact) mass is 404 g/mol. The van der Waals surface area contributed by atoms with Crippen molar-refractivity contribution < 1.29 is 14.6 Å². The summed E-state index contributed by atoms with van der Waals surface area (Å²) in [4.78, 5) is 14.5. The van der Waals surface area contributed by atoms with Gasteiger partial charge in [-0.1, -0.05) is 78.9 Å². The van der Waals surface area contributed by atoms with Crippen molar-refractivity contribution in [2.24, 2.45) is 0 Å². The van der Waals surface area contributed by atoms with E-state index in [9.17, 15) is 9.90 Å². The van der Waals surface area contributed by atoms with Crippen molar-refractivity contribution in [3.63, 3.8) is 0 Å². The van der Waals surface area contributed by atoms with E-state index in [-0.39, 0.29) is 25.1 Å². The highest BCUT2D eigenvalue weighted by Crippen LogP contribution is 2.21. The largest absolute Gasteiger partial charge is 0.491 e. The number of nitrogens with zero attached hydrogens (tertiary/aromatic N) is 1. The molecule has 5 nitrogen and oxygen atoms in total. The summed E-state index contributed by atoms with van der Waals surface area (Å²) in [6.07, 6.45) is -0.693. The van der Waals surface area contributed by atoms with Crippen molar-refractivity contribution in [2.75, 3.05) is 26.7 Å². The van der Waals surface area contributed by atoms with Gasteiger partial charge in [-0.3, -0.25) is 9.69 Å². The molecule has 0 aliphatic rings. The zero-order valence-electron chi connectivity index (χ0n) is 17.1. The van der Waals surface area contributed by atoms with Gasteiger partial charge in [0.2, 0.25) is 5.91 Å². The van der Waals surface area contributed by atoms with Crippen LogP contribution in [0.25, 0.3) is 0 Å². The highest BCUT2D eigenvalue weighted by atomic mass is 16.5. The molecule has 0 aliphatic heterocycles. The second kappa shape index (κ2) is 11.1. The zero-order valence-corrected chi connectivity index (χ0v) is 17.1. The number of likely N-dealkylation sites (N-methyl/N-ethyl adjacent to an activating group) is 1. The number of nitrogens with one attached hydrogen (secondary N) is 1. The van der Waals surface area contributed by atoms with Crippen molar-refractivity contribution in [3.8, 4) is 5.75 Å². The molecule has 156 valence electrons. The maximum absolute atomic E-state index is 12.7. The van der Waals surface area contributed by atoms with Gasteiger partial charge in [-0.15, -0.1) is 0 Å². The number of rotatable bonds is 10. The van der Waals surface area contributed by atoms with Crippen LogP contribution in [-0.4, -0.2) is 48.8 Å². The molecule has 5 heteroatoms. The molecule has 0 fully saturated rings. The number of aliphatic hydroxyl groups is 1. The number of carbonyl (C=O) groups excluding carboxylic acids is 1. The number of carbonyl (C=O) groups is 1. The van der Waals surface area contributed by atoms with E-state index in [4.69, 9.17) is 4.74 Å². The zero-order chi connectivity index (χ0) is 21.2. The number of ether oxygens (including phenoxy) is 1. The van der Waals surface area contributed by atoms with Gasteiger partial charge in [0.25, 0.3) is 0 Å². The van der Waals surface area contributed by atoms with Gasteiger partial charge < -0.3 is 15.2 Å². The first-order chi connectivity index (χ1) is 14.6. The smallest absolute Gasteiger partial charge is 0.234 e. The lowest BCUT2D eigenvalue weighted by Crippen LogP contribution is -2.41. The topological polar surface area (TPSA) is 61.8 Å². The Morgan fingerprint density at radius 2 is 1.40 bits per heavy atom. The Bertz CT molecular complexity index is 849. The first-order valence-electron chi connectivity index (χ1n) is 10.1. The maximum atomic E-state index is 12.7. The van der Waals surface area contributed by atoms with Crippen LogP contribution in [0.1, 0.15) is 17.2 Å². The highest BCUT2D eigenvalue weighted by molar-refractivity contribution is 5.79. The molecule has 30 heavy (non-hydrogen) atoms. The molecule has 0 radical (unpaired) electrons. The lowest BCUT2D eigenvalue weighted by atomic mass is 9.99. The van der Waals surface area contributed by atoms with Crippen LogP contribution >= 0.6 is 0 Å². The third kappa shape index (κ3) is 6.72. The van der Waals surface area contributed by atoms with E-state index < -0.39 is 6.10 Å². The molecule has 3 rings (SSSR count). The molecule has 0 aliphatic carbocycles. The molecule has 0 saturated carbocycles. The number of hydrogen-bond donors (Lipinski definition) is 2. The van der Waals surface area contributed by atoms with Crippen LogP contribution in [0, 0.1) is 0 Å². The van der Waals surface area contributed by atoms with E-state index in [1.54, 1.807) is 4.90 Å². The quantitative estimate of drug-likeness (QED) is 0.545. The third-order valence-electron chi connectivity index (χ3n) is 4.69. The van der Waals surface area contributed by atoms with E-state index in [0.717, 1.165) is 11.1 Å². The van der Waals surface area contributed by atoms with Crippen molar-refractivity contribution in [2.45, 2.75) is 12.1 Å².